The molecule has 1 aliphatic heterocycles. The molecule has 2 unspecified atom stereocenters. The molecule has 0 aliphatic carbocycles. The molecule has 1 aliphatic rings. The summed E-state index contributed by atoms with van der Waals surface area (Å²) in [5.74, 6) is 0.279. The Morgan fingerprint density at radius 2 is 2.00 bits per heavy atom. The van der Waals surface area contributed by atoms with Crippen LogP contribution in [0.1, 0.15) is 27.7 Å². The minimum absolute atomic E-state index is 0.0834. The summed E-state index contributed by atoms with van der Waals surface area (Å²) in [6.45, 7) is 7.59. The maximum Gasteiger partial charge on any atom is 0.166 e. The van der Waals surface area contributed by atoms with Gasteiger partial charge >= 0.3 is 0 Å². The fraction of sp³-hybridized carbons (Fsp3) is 0.500. The largest absolute Gasteiger partial charge is 0.507 e. The maximum atomic E-state index is 13.1. The number of hydrogen-bond donors (Lipinski definition) is 1. The molecule has 1 N–H and O–H groups in total. The van der Waals surface area contributed by atoms with E-state index in [1.165, 1.54) is 0 Å². The Balaban J connectivity index is 2.73. The second-order valence-electron chi connectivity index (χ2n) is 5.17. The molecule has 2 rings (SSSR count). The van der Waals surface area contributed by atoms with Gasteiger partial charge in [0.15, 0.2) is 13.0 Å². The third-order valence-electron chi connectivity index (χ3n) is 3.12. The third-order valence-corrected chi connectivity index (χ3v) is 7.35. The van der Waals surface area contributed by atoms with Crippen molar-refractivity contribution in [2.75, 3.05) is 0 Å². The predicted molar refractivity (Wildman–Crippen MR) is 65.2 cm³/mol. The van der Waals surface area contributed by atoms with Crippen LogP contribution in [0.15, 0.2) is 18.2 Å². The molecule has 0 spiro atoms. The zero-order valence-corrected chi connectivity index (χ0v) is 10.9. The van der Waals surface area contributed by atoms with Gasteiger partial charge in [-0.3, -0.25) is 0 Å². The van der Waals surface area contributed by atoms with Crippen LogP contribution in [0, 0.1) is 0 Å². The Morgan fingerprint density at radius 1 is 1.38 bits per heavy atom. The van der Waals surface area contributed by atoms with Gasteiger partial charge in [0, 0.05) is 5.16 Å². The van der Waals surface area contributed by atoms with E-state index in [2.05, 4.69) is 0 Å². The molecule has 1 heterocycles. The highest BCUT2D eigenvalue weighted by Gasteiger charge is 2.51. The van der Waals surface area contributed by atoms with Crippen LogP contribution in [-0.4, -0.2) is 16.1 Å². The van der Waals surface area contributed by atoms with Gasteiger partial charge in [-0.1, -0.05) is 26.8 Å². The molecule has 0 radical (unpaired) electrons. The minimum atomic E-state index is -2.74. The summed E-state index contributed by atoms with van der Waals surface area (Å²) < 4.78 is 18.7. The summed E-state index contributed by atoms with van der Waals surface area (Å²) in [4.78, 5) is 0. The second kappa shape index (κ2) is 3.27. The van der Waals surface area contributed by atoms with Crippen molar-refractivity contribution < 1.29 is 14.4 Å². The number of phenolic OH excluding ortho intramolecular Hbond substituents is 1. The van der Waals surface area contributed by atoms with Crippen molar-refractivity contribution in [1.82, 2.24) is 0 Å². The Kier molecular flexibility index (Phi) is 2.36. The third kappa shape index (κ3) is 1.31. The van der Waals surface area contributed by atoms with Crippen LogP contribution < -0.4 is 10.0 Å². The second-order valence-corrected chi connectivity index (χ2v) is 9.00. The van der Waals surface area contributed by atoms with Crippen molar-refractivity contribution >= 4 is 12.4 Å². The summed E-state index contributed by atoms with van der Waals surface area (Å²) >= 11 is 0. The first-order valence-corrected chi connectivity index (χ1v) is 7.15. The Morgan fingerprint density at radius 3 is 2.56 bits per heavy atom. The smallest absolute Gasteiger partial charge is 0.166 e. The van der Waals surface area contributed by atoms with E-state index in [1.807, 2.05) is 27.7 Å². The van der Waals surface area contributed by atoms with Crippen molar-refractivity contribution in [3.63, 3.8) is 0 Å². The number of benzene rings is 1. The lowest BCUT2D eigenvalue weighted by Gasteiger charge is -2.30. The van der Waals surface area contributed by atoms with Crippen molar-refractivity contribution in [1.29, 1.82) is 0 Å². The zero-order valence-electron chi connectivity index (χ0n) is 10.0. The van der Waals surface area contributed by atoms with Crippen LogP contribution in [0.2, 0.25) is 0 Å². The molecule has 0 bridgehead atoms. The van der Waals surface area contributed by atoms with E-state index in [1.54, 1.807) is 18.2 Å². The van der Waals surface area contributed by atoms with E-state index < -0.39 is 12.3 Å². The van der Waals surface area contributed by atoms with Gasteiger partial charge in [-0.2, -0.15) is 0 Å². The molecule has 0 fully saturated rings. The van der Waals surface area contributed by atoms with Crippen molar-refractivity contribution in [3.05, 3.63) is 18.2 Å². The topological polar surface area (TPSA) is 46.5 Å². The Bertz CT molecular complexity index is 474. The summed E-state index contributed by atoms with van der Waals surface area (Å²) in [7, 11) is -2.74. The first-order valence-electron chi connectivity index (χ1n) is 5.37. The lowest BCUT2D eigenvalue weighted by molar-refractivity contribution is 0.303. The summed E-state index contributed by atoms with van der Waals surface area (Å²) in [6, 6.07) is 5.04. The van der Waals surface area contributed by atoms with Crippen LogP contribution in [0.4, 0.5) is 0 Å². The first kappa shape index (κ1) is 11.5. The standard InChI is InChI=1S/C12H17O3P/c1-8-15-10-7-5-6-9(13)11(10)16(8,14)12(2,3)4/h5-8,13H,1-4H3. The molecule has 0 saturated heterocycles. The van der Waals surface area contributed by atoms with Crippen molar-refractivity contribution in [2.45, 2.75) is 38.7 Å². The number of hydrogen-bond acceptors (Lipinski definition) is 3. The molecule has 88 valence electrons. The molecular weight excluding hydrogens is 223 g/mol. The average molecular weight is 240 g/mol. The molecular formula is C12H17O3P. The fourth-order valence-corrected chi connectivity index (χ4v) is 5.52. The molecule has 0 aromatic heterocycles. The van der Waals surface area contributed by atoms with Gasteiger partial charge in [0.2, 0.25) is 0 Å². The summed E-state index contributed by atoms with van der Waals surface area (Å²) in [6.07, 6.45) is 0. The first-order chi connectivity index (χ1) is 7.28. The SMILES string of the molecule is CC1Oc2cccc(O)c2P1(=O)C(C)(C)C. The summed E-state index contributed by atoms with van der Waals surface area (Å²) in [5.41, 5.74) is 0. The van der Waals surface area contributed by atoms with E-state index in [-0.39, 0.29) is 11.6 Å². The van der Waals surface area contributed by atoms with Gasteiger partial charge in [-0.15, -0.1) is 0 Å². The highest BCUT2D eigenvalue weighted by molar-refractivity contribution is 7.74. The van der Waals surface area contributed by atoms with Crippen LogP contribution in [-0.2, 0) is 4.57 Å². The molecule has 1 aromatic carbocycles. The van der Waals surface area contributed by atoms with E-state index in [0.29, 0.717) is 11.1 Å². The quantitative estimate of drug-likeness (QED) is 0.709. The van der Waals surface area contributed by atoms with Gasteiger partial charge in [0.25, 0.3) is 0 Å². The van der Waals surface area contributed by atoms with Crippen molar-refractivity contribution in [3.8, 4) is 11.5 Å². The number of fused-ring (bicyclic) bond motifs is 1. The van der Waals surface area contributed by atoms with Gasteiger partial charge < -0.3 is 14.4 Å². The molecule has 16 heavy (non-hydrogen) atoms. The molecule has 3 nitrogen and oxygen atoms in total. The van der Waals surface area contributed by atoms with Crippen LogP contribution in [0.5, 0.6) is 11.5 Å². The number of phenols is 1. The van der Waals surface area contributed by atoms with Crippen LogP contribution in [0.25, 0.3) is 0 Å². The van der Waals surface area contributed by atoms with E-state index >= 15 is 0 Å². The molecule has 0 amide bonds. The Hall–Kier alpha value is -0.950. The Labute approximate surface area is 95.8 Å². The molecule has 2 atom stereocenters. The van der Waals surface area contributed by atoms with Crippen LogP contribution in [0.3, 0.4) is 0 Å². The monoisotopic (exact) mass is 240 g/mol. The summed E-state index contributed by atoms with van der Waals surface area (Å²) in [5, 5.41) is 10.00. The normalized spacial score (nSPS) is 28.6. The molecule has 4 heteroatoms. The molecule has 1 aromatic rings. The molecule has 0 saturated carbocycles. The zero-order chi connectivity index (χ0) is 12.1. The van der Waals surface area contributed by atoms with E-state index in [9.17, 15) is 9.67 Å². The van der Waals surface area contributed by atoms with Crippen LogP contribution >= 0.6 is 7.14 Å². The van der Waals surface area contributed by atoms with Gasteiger partial charge in [-0.25, -0.2) is 0 Å². The number of ether oxygens (including phenoxy) is 1. The van der Waals surface area contributed by atoms with Gasteiger partial charge in [0.1, 0.15) is 11.5 Å². The predicted octanol–water partition coefficient (Wildman–Crippen LogP) is 2.92. The van der Waals surface area contributed by atoms with Gasteiger partial charge in [-0.05, 0) is 19.1 Å². The lowest BCUT2D eigenvalue weighted by atomic mass is 10.3. The highest BCUT2D eigenvalue weighted by atomic mass is 31.2. The number of rotatable bonds is 0. The van der Waals surface area contributed by atoms with E-state index in [4.69, 9.17) is 4.74 Å². The van der Waals surface area contributed by atoms with Crippen molar-refractivity contribution in [2.24, 2.45) is 0 Å². The maximum absolute atomic E-state index is 13.1. The average Bonchev–Trinajstić information content (AvgIpc) is 2.40. The fourth-order valence-electron chi connectivity index (χ4n) is 2.26. The number of aromatic hydroxyl groups is 1. The highest BCUT2D eigenvalue weighted by Crippen LogP contribution is 2.66. The minimum Gasteiger partial charge on any atom is -0.507 e. The van der Waals surface area contributed by atoms with Gasteiger partial charge in [0.05, 0.1) is 5.30 Å². The lowest BCUT2D eigenvalue weighted by Crippen LogP contribution is -2.26. The van der Waals surface area contributed by atoms with E-state index in [0.717, 1.165) is 0 Å².